The molecule has 0 saturated heterocycles. The molecule has 1 aliphatic rings. The molecular formula is C15H17N3O. The first-order valence-corrected chi connectivity index (χ1v) is 6.09. The third kappa shape index (κ3) is 3.10. The van der Waals surface area contributed by atoms with E-state index in [1.165, 1.54) is 5.39 Å². The number of aromatic nitrogens is 1. The van der Waals surface area contributed by atoms with Crippen LogP contribution in [-0.4, -0.2) is 41.3 Å². The highest BCUT2D eigenvalue weighted by molar-refractivity contribution is 5.77. The molecule has 0 unspecified atom stereocenters. The Balaban J connectivity index is 0.000000141. The molecule has 98 valence electrons. The summed E-state index contributed by atoms with van der Waals surface area (Å²) in [6.45, 7) is 0. The normalized spacial score (nSPS) is 14.4. The molecule has 1 aliphatic heterocycles. The number of nitrogens with zero attached hydrogens (tertiary/aromatic N) is 3. The summed E-state index contributed by atoms with van der Waals surface area (Å²) in [5.41, 5.74) is 1.06. The lowest BCUT2D eigenvalue weighted by Crippen LogP contribution is -2.35. The van der Waals surface area contributed by atoms with Crippen LogP contribution >= 0.6 is 0 Å². The summed E-state index contributed by atoms with van der Waals surface area (Å²) in [5, 5.41) is 1.20. The van der Waals surface area contributed by atoms with E-state index in [4.69, 9.17) is 0 Å². The second kappa shape index (κ2) is 6.00. The van der Waals surface area contributed by atoms with Crippen LogP contribution in [0.2, 0.25) is 0 Å². The number of carbonyl (C=O) groups is 1. The largest absolute Gasteiger partial charge is 0.353 e. The number of para-hydroxylation sites is 1. The van der Waals surface area contributed by atoms with Crippen molar-refractivity contribution in [2.75, 3.05) is 14.1 Å². The molecule has 1 aromatic carbocycles. The fourth-order valence-corrected chi connectivity index (χ4v) is 1.88. The van der Waals surface area contributed by atoms with Crippen LogP contribution in [0.15, 0.2) is 55.0 Å². The Morgan fingerprint density at radius 3 is 2.26 bits per heavy atom. The maximum Gasteiger partial charge on any atom is 0.162 e. The molecule has 0 N–H and O–H groups in total. The minimum Gasteiger partial charge on any atom is -0.353 e. The molecular weight excluding hydrogens is 238 g/mol. The Bertz CT molecular complexity index is 505. The Morgan fingerprint density at radius 1 is 1.05 bits per heavy atom. The fraction of sp³-hybridized carbons (Fsp3) is 0.200. The van der Waals surface area contributed by atoms with Crippen LogP contribution < -0.4 is 0 Å². The molecule has 0 radical (unpaired) electrons. The Morgan fingerprint density at radius 2 is 1.68 bits per heavy atom. The smallest absolute Gasteiger partial charge is 0.162 e. The molecule has 0 saturated carbocycles. The van der Waals surface area contributed by atoms with E-state index >= 15 is 0 Å². The number of likely N-dealkylation sites (N-methyl/N-ethyl adjacent to an activating group) is 2. The molecule has 0 fully saturated rings. The van der Waals surface area contributed by atoms with Crippen molar-refractivity contribution in [2.24, 2.45) is 0 Å². The molecule has 0 bridgehead atoms. The lowest BCUT2D eigenvalue weighted by molar-refractivity contribution is -0.114. The standard InChI is InChI=1S/C9H7N.C6H10N2O/c1-2-6-9-8(4-1)5-3-7-10-9;1-7-3-4-8(2)6(7)5-9/h1-7H;3-6H,1-2H3. The van der Waals surface area contributed by atoms with Gasteiger partial charge >= 0.3 is 0 Å². The molecule has 0 aliphatic carbocycles. The molecule has 1 aromatic heterocycles. The van der Waals surface area contributed by atoms with Gasteiger partial charge in [0.2, 0.25) is 0 Å². The van der Waals surface area contributed by atoms with E-state index in [2.05, 4.69) is 17.1 Å². The van der Waals surface area contributed by atoms with Crippen LogP contribution in [0, 0.1) is 0 Å². The van der Waals surface area contributed by atoms with E-state index in [1.807, 2.05) is 66.8 Å². The number of rotatable bonds is 1. The SMILES string of the molecule is CN1C=CN(C)C1C=O.c1ccc2ncccc2c1. The maximum atomic E-state index is 10.3. The van der Waals surface area contributed by atoms with E-state index in [1.54, 1.807) is 0 Å². The first-order chi connectivity index (χ1) is 9.22. The number of hydrogen-bond donors (Lipinski definition) is 0. The first kappa shape index (κ1) is 13.1. The first-order valence-electron chi connectivity index (χ1n) is 6.09. The van der Waals surface area contributed by atoms with Crippen LogP contribution in [-0.2, 0) is 4.79 Å². The van der Waals surface area contributed by atoms with Crippen LogP contribution in [0.5, 0.6) is 0 Å². The Labute approximate surface area is 113 Å². The van der Waals surface area contributed by atoms with Gasteiger partial charge in [0.25, 0.3) is 0 Å². The number of carbonyl (C=O) groups excluding carboxylic acids is 1. The van der Waals surface area contributed by atoms with Gasteiger partial charge in [0, 0.05) is 38.1 Å². The second-order valence-corrected chi connectivity index (χ2v) is 4.37. The van der Waals surface area contributed by atoms with Crippen molar-refractivity contribution in [3.8, 4) is 0 Å². The van der Waals surface area contributed by atoms with Crippen LogP contribution in [0.3, 0.4) is 0 Å². The summed E-state index contributed by atoms with van der Waals surface area (Å²) < 4.78 is 0. The summed E-state index contributed by atoms with van der Waals surface area (Å²) >= 11 is 0. The van der Waals surface area contributed by atoms with Gasteiger partial charge in [-0.1, -0.05) is 24.3 Å². The Kier molecular flexibility index (Phi) is 4.13. The van der Waals surface area contributed by atoms with Gasteiger partial charge in [-0.2, -0.15) is 0 Å². The monoisotopic (exact) mass is 255 g/mol. The highest BCUT2D eigenvalue weighted by atomic mass is 16.1. The zero-order chi connectivity index (χ0) is 13.7. The molecule has 4 heteroatoms. The third-order valence-corrected chi connectivity index (χ3v) is 3.01. The maximum absolute atomic E-state index is 10.3. The molecule has 4 nitrogen and oxygen atoms in total. The summed E-state index contributed by atoms with van der Waals surface area (Å²) in [7, 11) is 3.75. The summed E-state index contributed by atoms with van der Waals surface area (Å²) in [5.74, 6) is 0. The quantitative estimate of drug-likeness (QED) is 0.731. The van der Waals surface area contributed by atoms with Crippen LogP contribution in [0.25, 0.3) is 10.9 Å². The molecule has 19 heavy (non-hydrogen) atoms. The van der Waals surface area contributed by atoms with Gasteiger partial charge in [-0.3, -0.25) is 9.78 Å². The average Bonchev–Trinajstić information content (AvgIpc) is 2.78. The second-order valence-electron chi connectivity index (χ2n) is 4.37. The Hall–Kier alpha value is -2.36. The van der Waals surface area contributed by atoms with Crippen LogP contribution in [0.4, 0.5) is 0 Å². The van der Waals surface area contributed by atoms with Gasteiger partial charge in [0.1, 0.15) is 0 Å². The molecule has 2 heterocycles. The lowest BCUT2D eigenvalue weighted by atomic mass is 10.2. The van der Waals surface area contributed by atoms with Gasteiger partial charge in [0.15, 0.2) is 12.5 Å². The molecule has 2 aromatic rings. The van der Waals surface area contributed by atoms with E-state index in [9.17, 15) is 4.79 Å². The molecule has 3 rings (SSSR count). The van der Waals surface area contributed by atoms with Crippen molar-refractivity contribution in [1.29, 1.82) is 0 Å². The van der Waals surface area contributed by atoms with Gasteiger partial charge in [0.05, 0.1) is 5.52 Å². The molecule has 0 spiro atoms. The predicted molar refractivity (Wildman–Crippen MR) is 76.3 cm³/mol. The van der Waals surface area contributed by atoms with Crippen molar-refractivity contribution >= 4 is 17.2 Å². The van der Waals surface area contributed by atoms with Crippen molar-refractivity contribution < 1.29 is 4.79 Å². The van der Waals surface area contributed by atoms with Crippen molar-refractivity contribution in [2.45, 2.75) is 6.17 Å². The van der Waals surface area contributed by atoms with Crippen molar-refractivity contribution in [3.05, 3.63) is 55.0 Å². The van der Waals surface area contributed by atoms with Gasteiger partial charge in [-0.25, -0.2) is 0 Å². The number of fused-ring (bicyclic) bond motifs is 1. The van der Waals surface area contributed by atoms with Gasteiger partial charge in [-0.05, 0) is 12.1 Å². The highest BCUT2D eigenvalue weighted by Crippen LogP contribution is 2.08. The zero-order valence-corrected chi connectivity index (χ0v) is 11.1. The van der Waals surface area contributed by atoms with E-state index < -0.39 is 0 Å². The number of aldehydes is 1. The molecule has 0 atom stereocenters. The van der Waals surface area contributed by atoms with Gasteiger partial charge in [-0.15, -0.1) is 0 Å². The third-order valence-electron chi connectivity index (χ3n) is 3.01. The van der Waals surface area contributed by atoms with Crippen molar-refractivity contribution in [1.82, 2.24) is 14.8 Å². The minimum absolute atomic E-state index is 0.0926. The fourth-order valence-electron chi connectivity index (χ4n) is 1.88. The van der Waals surface area contributed by atoms with Crippen LogP contribution in [0.1, 0.15) is 0 Å². The number of benzene rings is 1. The van der Waals surface area contributed by atoms with Crippen molar-refractivity contribution in [3.63, 3.8) is 0 Å². The zero-order valence-electron chi connectivity index (χ0n) is 11.1. The summed E-state index contributed by atoms with van der Waals surface area (Å²) in [6, 6.07) is 12.1. The minimum atomic E-state index is -0.0926. The highest BCUT2D eigenvalue weighted by Gasteiger charge is 2.18. The molecule has 0 amide bonds. The van der Waals surface area contributed by atoms with E-state index in [0.29, 0.717) is 0 Å². The average molecular weight is 255 g/mol. The topological polar surface area (TPSA) is 36.4 Å². The van der Waals surface area contributed by atoms with E-state index in [-0.39, 0.29) is 6.17 Å². The predicted octanol–water partition coefficient (Wildman–Crippen LogP) is 2.09. The number of hydrogen-bond acceptors (Lipinski definition) is 4. The summed E-state index contributed by atoms with van der Waals surface area (Å²) in [4.78, 5) is 18.2. The van der Waals surface area contributed by atoms with E-state index in [0.717, 1.165) is 11.8 Å². The number of pyridine rings is 1. The lowest BCUT2D eigenvalue weighted by Gasteiger charge is -2.20. The van der Waals surface area contributed by atoms with Gasteiger partial charge < -0.3 is 9.80 Å². The summed E-state index contributed by atoms with van der Waals surface area (Å²) in [6.07, 6.45) is 6.38.